The van der Waals surface area contributed by atoms with Gasteiger partial charge in [0.2, 0.25) is 0 Å². The Bertz CT molecular complexity index is 1010. The molecule has 2 aromatic carbocycles. The Hall–Kier alpha value is -3.32. The molecule has 1 amide bonds. The van der Waals surface area contributed by atoms with Gasteiger partial charge >= 0.3 is 0 Å². The molecule has 0 saturated carbocycles. The van der Waals surface area contributed by atoms with Crippen LogP contribution in [0.1, 0.15) is 23.0 Å². The molecule has 0 aliphatic rings. The number of aromatic nitrogens is 2. The average Bonchev–Trinajstić information content (AvgIpc) is 3.22. The maximum atomic E-state index is 12.3. The standard InChI is InChI=1S/C20H19ClN4O3/c1-12(14-6-9-18(27-2)19(10-14)28-3)22-25-20(26)17-11-16(23-24-17)13-4-7-15(21)8-5-13/h4-11H,1-3H3,(H,23,24)(H,25,26)/b22-12-. The first-order chi connectivity index (χ1) is 13.5. The Labute approximate surface area is 167 Å². The smallest absolute Gasteiger partial charge is 0.289 e. The van der Waals surface area contributed by atoms with Gasteiger partial charge in [-0.25, -0.2) is 5.43 Å². The summed E-state index contributed by atoms with van der Waals surface area (Å²) in [5.41, 5.74) is 5.73. The SMILES string of the molecule is COc1ccc(/C(C)=N\NC(=O)c2cc(-c3ccc(Cl)cc3)n[nH]2)cc1OC. The minimum Gasteiger partial charge on any atom is -0.493 e. The first-order valence-electron chi connectivity index (χ1n) is 8.40. The van der Waals surface area contributed by atoms with Gasteiger partial charge in [-0.15, -0.1) is 0 Å². The number of carbonyl (C=O) groups excluding carboxylic acids is 1. The van der Waals surface area contributed by atoms with Crippen LogP contribution in [-0.4, -0.2) is 36.0 Å². The molecule has 1 aromatic heterocycles. The summed E-state index contributed by atoms with van der Waals surface area (Å²) in [4.78, 5) is 12.3. The molecule has 0 unspecified atom stereocenters. The lowest BCUT2D eigenvalue weighted by Crippen LogP contribution is -2.19. The van der Waals surface area contributed by atoms with Crippen molar-refractivity contribution in [2.75, 3.05) is 14.2 Å². The predicted octanol–water partition coefficient (Wildman–Crippen LogP) is 3.90. The number of nitrogens with zero attached hydrogens (tertiary/aromatic N) is 2. The average molecular weight is 399 g/mol. The van der Waals surface area contributed by atoms with E-state index in [0.29, 0.717) is 33.6 Å². The quantitative estimate of drug-likeness (QED) is 0.486. The van der Waals surface area contributed by atoms with Crippen LogP contribution in [0.25, 0.3) is 11.3 Å². The van der Waals surface area contributed by atoms with Crippen LogP contribution in [-0.2, 0) is 0 Å². The highest BCUT2D eigenvalue weighted by Crippen LogP contribution is 2.27. The summed E-state index contributed by atoms with van der Waals surface area (Å²) >= 11 is 5.89. The van der Waals surface area contributed by atoms with Gasteiger partial charge in [0, 0.05) is 16.1 Å². The minimum absolute atomic E-state index is 0.300. The number of halogens is 1. The summed E-state index contributed by atoms with van der Waals surface area (Å²) in [5, 5.41) is 11.7. The number of hydrogen-bond donors (Lipinski definition) is 2. The Kier molecular flexibility index (Phi) is 5.96. The predicted molar refractivity (Wildman–Crippen MR) is 108 cm³/mol. The maximum absolute atomic E-state index is 12.3. The van der Waals surface area contributed by atoms with Gasteiger partial charge in [0.1, 0.15) is 5.69 Å². The Morgan fingerprint density at radius 2 is 1.79 bits per heavy atom. The zero-order valence-corrected chi connectivity index (χ0v) is 16.4. The molecular weight excluding hydrogens is 380 g/mol. The second-order valence-electron chi connectivity index (χ2n) is 5.88. The Morgan fingerprint density at radius 1 is 1.07 bits per heavy atom. The number of benzene rings is 2. The van der Waals surface area contributed by atoms with E-state index in [9.17, 15) is 4.79 Å². The molecule has 0 atom stereocenters. The fraction of sp³-hybridized carbons (Fsp3) is 0.150. The molecule has 0 radical (unpaired) electrons. The Balaban J connectivity index is 1.72. The van der Waals surface area contributed by atoms with E-state index in [-0.39, 0.29) is 0 Å². The lowest BCUT2D eigenvalue weighted by molar-refractivity contribution is 0.0950. The molecule has 0 aliphatic heterocycles. The van der Waals surface area contributed by atoms with Gasteiger partial charge in [-0.05, 0) is 43.3 Å². The van der Waals surface area contributed by atoms with E-state index >= 15 is 0 Å². The molecule has 8 heteroatoms. The van der Waals surface area contributed by atoms with Crippen LogP contribution in [0.4, 0.5) is 0 Å². The third kappa shape index (κ3) is 4.32. The number of hydrogen-bond acceptors (Lipinski definition) is 5. The summed E-state index contributed by atoms with van der Waals surface area (Å²) in [5.74, 6) is 0.810. The van der Waals surface area contributed by atoms with Crippen molar-refractivity contribution in [2.45, 2.75) is 6.92 Å². The molecule has 0 aliphatic carbocycles. The van der Waals surface area contributed by atoms with Gasteiger partial charge < -0.3 is 9.47 Å². The number of nitrogens with one attached hydrogen (secondary N) is 2. The van der Waals surface area contributed by atoms with Crippen molar-refractivity contribution in [1.29, 1.82) is 0 Å². The Morgan fingerprint density at radius 3 is 2.46 bits per heavy atom. The van der Waals surface area contributed by atoms with Crippen LogP contribution in [0.5, 0.6) is 11.5 Å². The third-order valence-corrected chi connectivity index (χ3v) is 4.34. The number of methoxy groups -OCH3 is 2. The van der Waals surface area contributed by atoms with E-state index in [4.69, 9.17) is 21.1 Å². The largest absolute Gasteiger partial charge is 0.493 e. The van der Waals surface area contributed by atoms with Crippen molar-refractivity contribution in [3.8, 4) is 22.8 Å². The van der Waals surface area contributed by atoms with Crippen LogP contribution in [0.3, 0.4) is 0 Å². The normalized spacial score (nSPS) is 11.2. The number of aromatic amines is 1. The van der Waals surface area contributed by atoms with Crippen molar-refractivity contribution in [3.63, 3.8) is 0 Å². The second-order valence-corrected chi connectivity index (χ2v) is 6.32. The molecule has 0 spiro atoms. The maximum Gasteiger partial charge on any atom is 0.289 e. The molecular formula is C20H19ClN4O3. The molecule has 0 bridgehead atoms. The van der Waals surface area contributed by atoms with Crippen molar-refractivity contribution < 1.29 is 14.3 Å². The van der Waals surface area contributed by atoms with Gasteiger partial charge in [-0.1, -0.05) is 23.7 Å². The number of rotatable bonds is 6. The van der Waals surface area contributed by atoms with E-state index in [0.717, 1.165) is 11.1 Å². The summed E-state index contributed by atoms with van der Waals surface area (Å²) in [6.07, 6.45) is 0. The molecule has 3 rings (SSSR count). The first-order valence-corrected chi connectivity index (χ1v) is 8.78. The van der Waals surface area contributed by atoms with Crippen LogP contribution in [0.2, 0.25) is 5.02 Å². The number of amides is 1. The molecule has 3 aromatic rings. The molecule has 0 fully saturated rings. The van der Waals surface area contributed by atoms with Crippen LogP contribution >= 0.6 is 11.6 Å². The van der Waals surface area contributed by atoms with Crippen molar-refractivity contribution in [2.24, 2.45) is 5.10 Å². The molecule has 7 nitrogen and oxygen atoms in total. The molecule has 2 N–H and O–H groups in total. The number of ether oxygens (including phenoxy) is 2. The van der Waals surface area contributed by atoms with Crippen LogP contribution < -0.4 is 14.9 Å². The lowest BCUT2D eigenvalue weighted by atomic mass is 10.1. The van der Waals surface area contributed by atoms with E-state index < -0.39 is 5.91 Å². The first kappa shape index (κ1) is 19.4. The molecule has 28 heavy (non-hydrogen) atoms. The number of carbonyl (C=O) groups is 1. The van der Waals surface area contributed by atoms with Crippen molar-refractivity contribution in [1.82, 2.24) is 15.6 Å². The summed E-state index contributed by atoms with van der Waals surface area (Å²) in [7, 11) is 3.13. The van der Waals surface area contributed by atoms with Gasteiger partial charge in [0.25, 0.3) is 5.91 Å². The number of H-pyrrole nitrogens is 1. The van der Waals surface area contributed by atoms with Crippen LogP contribution in [0, 0.1) is 0 Å². The molecule has 144 valence electrons. The van der Waals surface area contributed by atoms with Crippen molar-refractivity contribution >= 4 is 23.2 Å². The lowest BCUT2D eigenvalue weighted by Gasteiger charge is -2.09. The topological polar surface area (TPSA) is 88.6 Å². The highest BCUT2D eigenvalue weighted by molar-refractivity contribution is 6.30. The van der Waals surface area contributed by atoms with Crippen LogP contribution in [0.15, 0.2) is 53.6 Å². The van der Waals surface area contributed by atoms with Crippen molar-refractivity contribution in [3.05, 3.63) is 64.8 Å². The van der Waals surface area contributed by atoms with E-state index in [1.807, 2.05) is 18.2 Å². The monoisotopic (exact) mass is 398 g/mol. The van der Waals surface area contributed by atoms with Gasteiger partial charge in [-0.2, -0.15) is 10.2 Å². The summed E-state index contributed by atoms with van der Waals surface area (Å²) < 4.78 is 10.5. The highest BCUT2D eigenvalue weighted by Gasteiger charge is 2.11. The minimum atomic E-state index is -0.396. The molecule has 0 saturated heterocycles. The second kappa shape index (κ2) is 8.58. The summed E-state index contributed by atoms with van der Waals surface area (Å²) in [6, 6.07) is 14.3. The van der Waals surface area contributed by atoms with Gasteiger partial charge in [-0.3, -0.25) is 9.89 Å². The van der Waals surface area contributed by atoms with E-state index in [1.165, 1.54) is 0 Å². The third-order valence-electron chi connectivity index (χ3n) is 4.09. The van der Waals surface area contributed by atoms with Gasteiger partial charge in [0.05, 0.1) is 25.6 Å². The summed E-state index contributed by atoms with van der Waals surface area (Å²) in [6.45, 7) is 1.79. The number of hydrazone groups is 1. The zero-order valence-electron chi connectivity index (χ0n) is 15.6. The van der Waals surface area contributed by atoms with E-state index in [2.05, 4.69) is 20.7 Å². The highest BCUT2D eigenvalue weighted by atomic mass is 35.5. The van der Waals surface area contributed by atoms with E-state index in [1.54, 1.807) is 51.5 Å². The van der Waals surface area contributed by atoms with Gasteiger partial charge in [0.15, 0.2) is 11.5 Å². The zero-order chi connectivity index (χ0) is 20.1. The fourth-order valence-electron chi connectivity index (χ4n) is 2.53. The molecule has 1 heterocycles. The fourth-order valence-corrected chi connectivity index (χ4v) is 2.65.